The van der Waals surface area contributed by atoms with Gasteiger partial charge in [0, 0.05) is 5.69 Å². The van der Waals surface area contributed by atoms with E-state index in [0.717, 1.165) is 6.07 Å². The number of hydrogen-bond acceptors (Lipinski definition) is 6. The molecule has 0 saturated heterocycles. The molecule has 0 amide bonds. The summed E-state index contributed by atoms with van der Waals surface area (Å²) in [6.07, 6.45) is -4.82. The smallest absolute Gasteiger partial charge is 0.461 e. The number of halogens is 4. The summed E-state index contributed by atoms with van der Waals surface area (Å²) in [5.74, 6) is -0.886. The number of nitrogens with one attached hydrogen (secondary N) is 2. The first-order chi connectivity index (χ1) is 13.8. The average Bonchev–Trinajstić information content (AvgIpc) is 3.11. The number of carbonyl (C=O) groups is 1. The Labute approximate surface area is 167 Å². The van der Waals surface area contributed by atoms with E-state index < -0.39 is 18.1 Å². The maximum absolute atomic E-state index is 12.3. The van der Waals surface area contributed by atoms with Gasteiger partial charge in [-0.1, -0.05) is 29.8 Å². The van der Waals surface area contributed by atoms with E-state index in [1.807, 2.05) is 0 Å². The maximum Gasteiger partial charge on any atom is 0.573 e. The molecular weight excluding hydrogens is 413 g/mol. The Bertz CT molecular complexity index is 1010. The van der Waals surface area contributed by atoms with Crippen molar-refractivity contribution in [3.05, 3.63) is 53.2 Å². The average molecular weight is 427 g/mol. The fourth-order valence-corrected chi connectivity index (χ4v) is 2.65. The van der Waals surface area contributed by atoms with Gasteiger partial charge in [-0.3, -0.25) is 0 Å². The van der Waals surface area contributed by atoms with Gasteiger partial charge < -0.3 is 14.8 Å². The quantitative estimate of drug-likeness (QED) is 0.542. The summed E-state index contributed by atoms with van der Waals surface area (Å²) in [5.41, 5.74) is 1.94. The number of hydrogen-bond donors (Lipinski definition) is 2. The SMILES string of the molecule is CCOC(=O)c1n[nH]nc1Nc1ccc(-c2ccc(OC(F)(F)F)c(Cl)c2)cc1. The number of ether oxygens (including phenoxy) is 2. The van der Waals surface area contributed by atoms with Crippen molar-refractivity contribution in [2.75, 3.05) is 11.9 Å². The predicted octanol–water partition coefficient (Wildman–Crippen LogP) is 4.94. The lowest BCUT2D eigenvalue weighted by atomic mass is 10.1. The molecule has 0 saturated carbocycles. The molecule has 3 aromatic rings. The molecule has 11 heteroatoms. The number of alkyl halides is 3. The van der Waals surface area contributed by atoms with Crippen LogP contribution in [0.2, 0.25) is 5.02 Å². The summed E-state index contributed by atoms with van der Waals surface area (Å²) in [6.45, 7) is 1.88. The molecule has 0 spiro atoms. The zero-order chi connectivity index (χ0) is 21.0. The molecular formula is C18H14ClF3N4O3. The Morgan fingerprint density at radius 1 is 1.14 bits per heavy atom. The lowest BCUT2D eigenvalue weighted by Gasteiger charge is -2.12. The van der Waals surface area contributed by atoms with Crippen molar-refractivity contribution in [3.8, 4) is 16.9 Å². The maximum atomic E-state index is 12.3. The number of anilines is 2. The largest absolute Gasteiger partial charge is 0.573 e. The molecule has 1 aromatic heterocycles. The van der Waals surface area contributed by atoms with Gasteiger partial charge in [0.05, 0.1) is 11.6 Å². The zero-order valence-electron chi connectivity index (χ0n) is 14.9. The lowest BCUT2D eigenvalue weighted by molar-refractivity contribution is -0.274. The first kappa shape index (κ1) is 20.5. The van der Waals surface area contributed by atoms with E-state index in [9.17, 15) is 18.0 Å². The fourth-order valence-electron chi connectivity index (χ4n) is 2.43. The second-order valence-electron chi connectivity index (χ2n) is 5.64. The standard InChI is InChI=1S/C18H14ClF3N4O3/c1-2-28-17(27)15-16(25-26-24-15)23-12-6-3-10(4-7-12)11-5-8-14(13(19)9-11)29-18(20,21)22/h3-9H,2H2,1H3,(H2,23,24,25,26). The van der Waals surface area contributed by atoms with Crippen LogP contribution in [0.4, 0.5) is 24.7 Å². The van der Waals surface area contributed by atoms with Crippen LogP contribution >= 0.6 is 11.6 Å². The van der Waals surface area contributed by atoms with Crippen LogP contribution < -0.4 is 10.1 Å². The van der Waals surface area contributed by atoms with E-state index in [0.29, 0.717) is 16.8 Å². The Morgan fingerprint density at radius 3 is 2.45 bits per heavy atom. The number of nitrogens with zero attached hydrogens (tertiary/aromatic N) is 2. The first-order valence-corrected chi connectivity index (χ1v) is 8.65. The van der Waals surface area contributed by atoms with Gasteiger partial charge in [0.1, 0.15) is 5.75 Å². The van der Waals surface area contributed by atoms with E-state index >= 15 is 0 Å². The molecule has 1 heterocycles. The Morgan fingerprint density at radius 2 is 1.83 bits per heavy atom. The molecule has 152 valence electrons. The van der Waals surface area contributed by atoms with E-state index in [1.165, 1.54) is 12.1 Å². The van der Waals surface area contributed by atoms with Crippen molar-refractivity contribution in [2.45, 2.75) is 13.3 Å². The van der Waals surface area contributed by atoms with Crippen molar-refractivity contribution < 1.29 is 27.4 Å². The summed E-state index contributed by atoms with van der Waals surface area (Å²) >= 11 is 5.88. The second-order valence-corrected chi connectivity index (χ2v) is 6.04. The van der Waals surface area contributed by atoms with Crippen LogP contribution in [-0.4, -0.2) is 34.3 Å². The highest BCUT2D eigenvalue weighted by atomic mass is 35.5. The molecule has 2 aromatic carbocycles. The Kier molecular flexibility index (Phi) is 5.92. The number of aromatic nitrogens is 3. The molecule has 0 unspecified atom stereocenters. The molecule has 7 nitrogen and oxygen atoms in total. The number of rotatable bonds is 6. The summed E-state index contributed by atoms with van der Waals surface area (Å²) in [7, 11) is 0. The van der Waals surface area contributed by atoms with Crippen LogP contribution in [-0.2, 0) is 4.74 Å². The summed E-state index contributed by atoms with van der Waals surface area (Å²) in [5, 5.41) is 12.8. The minimum atomic E-state index is -4.82. The number of aromatic amines is 1. The molecule has 0 fully saturated rings. The van der Waals surface area contributed by atoms with Crippen molar-refractivity contribution in [3.63, 3.8) is 0 Å². The fraction of sp³-hybridized carbons (Fsp3) is 0.167. The van der Waals surface area contributed by atoms with Crippen molar-refractivity contribution in [1.29, 1.82) is 0 Å². The third kappa shape index (κ3) is 5.17. The third-order valence-corrected chi connectivity index (χ3v) is 3.95. The van der Waals surface area contributed by atoms with Gasteiger partial charge in [-0.05, 0) is 42.3 Å². The topological polar surface area (TPSA) is 89.1 Å². The Hall–Kier alpha value is -3.27. The van der Waals surface area contributed by atoms with Gasteiger partial charge >= 0.3 is 12.3 Å². The van der Waals surface area contributed by atoms with Crippen LogP contribution in [0.15, 0.2) is 42.5 Å². The van der Waals surface area contributed by atoms with Crippen LogP contribution in [0.1, 0.15) is 17.4 Å². The minimum absolute atomic E-state index is 0.0166. The van der Waals surface area contributed by atoms with Crippen LogP contribution in [0.25, 0.3) is 11.1 Å². The summed E-state index contributed by atoms with van der Waals surface area (Å²) in [4.78, 5) is 11.8. The summed E-state index contributed by atoms with van der Waals surface area (Å²) < 4.78 is 45.8. The predicted molar refractivity (Wildman–Crippen MR) is 99.2 cm³/mol. The van der Waals surface area contributed by atoms with Gasteiger partial charge in [-0.25, -0.2) is 4.79 Å². The highest BCUT2D eigenvalue weighted by Gasteiger charge is 2.32. The van der Waals surface area contributed by atoms with E-state index in [1.54, 1.807) is 31.2 Å². The first-order valence-electron chi connectivity index (χ1n) is 8.27. The number of esters is 1. The minimum Gasteiger partial charge on any atom is -0.461 e. The van der Waals surface area contributed by atoms with Gasteiger partial charge in [0.2, 0.25) is 5.69 Å². The van der Waals surface area contributed by atoms with Gasteiger partial charge in [-0.15, -0.1) is 23.4 Å². The third-order valence-electron chi connectivity index (χ3n) is 3.66. The van der Waals surface area contributed by atoms with Gasteiger partial charge in [-0.2, -0.15) is 5.21 Å². The van der Waals surface area contributed by atoms with Gasteiger partial charge in [0.25, 0.3) is 0 Å². The normalized spacial score (nSPS) is 11.2. The molecule has 0 bridgehead atoms. The molecule has 0 aliphatic carbocycles. The highest BCUT2D eigenvalue weighted by Crippen LogP contribution is 2.34. The van der Waals surface area contributed by atoms with Crippen LogP contribution in [0, 0.1) is 0 Å². The van der Waals surface area contributed by atoms with E-state index in [4.69, 9.17) is 16.3 Å². The van der Waals surface area contributed by atoms with Crippen molar-refractivity contribution in [2.24, 2.45) is 0 Å². The lowest BCUT2D eigenvalue weighted by Crippen LogP contribution is -2.17. The molecule has 2 N–H and O–H groups in total. The van der Waals surface area contributed by atoms with E-state index in [-0.39, 0.29) is 23.1 Å². The monoisotopic (exact) mass is 426 g/mol. The number of benzene rings is 2. The molecule has 3 rings (SSSR count). The molecule has 0 aliphatic heterocycles. The van der Waals surface area contributed by atoms with Crippen LogP contribution in [0.5, 0.6) is 5.75 Å². The Balaban J connectivity index is 1.75. The zero-order valence-corrected chi connectivity index (χ0v) is 15.6. The highest BCUT2D eigenvalue weighted by molar-refractivity contribution is 6.32. The van der Waals surface area contributed by atoms with Crippen molar-refractivity contribution >= 4 is 29.1 Å². The second kappa shape index (κ2) is 8.39. The van der Waals surface area contributed by atoms with Gasteiger partial charge in [0.15, 0.2) is 5.82 Å². The molecule has 29 heavy (non-hydrogen) atoms. The number of carbonyl (C=O) groups excluding carboxylic acids is 1. The molecule has 0 atom stereocenters. The molecule has 0 radical (unpaired) electrons. The van der Waals surface area contributed by atoms with Crippen LogP contribution in [0.3, 0.4) is 0 Å². The van der Waals surface area contributed by atoms with E-state index in [2.05, 4.69) is 25.5 Å². The molecule has 0 aliphatic rings. The van der Waals surface area contributed by atoms with Crippen molar-refractivity contribution in [1.82, 2.24) is 15.4 Å². The summed E-state index contributed by atoms with van der Waals surface area (Å²) in [6, 6.07) is 10.8. The number of H-pyrrole nitrogens is 1.